The predicted octanol–water partition coefficient (Wildman–Crippen LogP) is -0.753. The fraction of sp³-hybridized carbons (Fsp3) is 0.875. The molecule has 0 unspecified atom stereocenters. The molecule has 12 heavy (non-hydrogen) atoms. The molecular weight excluding hydrogens is 158 g/mol. The first-order valence-corrected chi connectivity index (χ1v) is 3.97. The van der Waals surface area contributed by atoms with Crippen molar-refractivity contribution in [2.75, 3.05) is 14.1 Å². The summed E-state index contributed by atoms with van der Waals surface area (Å²) in [7, 11) is 3.53. The Labute approximate surface area is 72.8 Å². The van der Waals surface area contributed by atoms with Gasteiger partial charge < -0.3 is 19.9 Å². The summed E-state index contributed by atoms with van der Waals surface area (Å²) in [6.45, 7) is 1.63. The van der Waals surface area contributed by atoms with Crippen LogP contribution in [0.2, 0.25) is 0 Å². The largest absolute Gasteiger partial charge is 0.393 e. The lowest BCUT2D eigenvalue weighted by Gasteiger charge is -2.26. The second-order valence-corrected chi connectivity index (χ2v) is 3.24. The number of aldehydes is 1. The number of hydrogen-bond acceptors (Lipinski definition) is 4. The number of rotatable bonds is 5. The normalized spacial score (nSPS) is 18.8. The Morgan fingerprint density at radius 3 is 2.17 bits per heavy atom. The maximum atomic E-state index is 10.3. The quantitative estimate of drug-likeness (QED) is 0.540. The smallest absolute Gasteiger partial charge is 0.150 e. The van der Waals surface area contributed by atoms with Gasteiger partial charge in [-0.2, -0.15) is 0 Å². The van der Waals surface area contributed by atoms with E-state index in [0.717, 1.165) is 0 Å². The van der Waals surface area contributed by atoms with Gasteiger partial charge in [0.2, 0.25) is 0 Å². The molecule has 0 saturated carbocycles. The van der Waals surface area contributed by atoms with Crippen LogP contribution < -0.4 is 0 Å². The Morgan fingerprint density at radius 2 is 1.92 bits per heavy atom. The van der Waals surface area contributed by atoms with Crippen molar-refractivity contribution in [3.8, 4) is 0 Å². The van der Waals surface area contributed by atoms with Crippen LogP contribution >= 0.6 is 0 Å². The van der Waals surface area contributed by atoms with Crippen molar-refractivity contribution >= 4 is 6.29 Å². The van der Waals surface area contributed by atoms with Gasteiger partial charge in [0.05, 0.1) is 6.10 Å². The van der Waals surface area contributed by atoms with Gasteiger partial charge in [0.15, 0.2) is 0 Å². The summed E-state index contributed by atoms with van der Waals surface area (Å²) in [6, 6.07) is -0.303. The van der Waals surface area contributed by atoms with E-state index in [-0.39, 0.29) is 6.04 Å². The first-order chi connectivity index (χ1) is 5.49. The Balaban J connectivity index is 4.12. The molecule has 0 aliphatic carbocycles. The summed E-state index contributed by atoms with van der Waals surface area (Å²) < 4.78 is 0. The van der Waals surface area contributed by atoms with Crippen molar-refractivity contribution in [3.63, 3.8) is 0 Å². The molecule has 72 valence electrons. The lowest BCUT2D eigenvalue weighted by molar-refractivity contribution is -0.118. The predicted molar refractivity (Wildman–Crippen MR) is 45.8 cm³/mol. The Hall–Kier alpha value is -0.450. The van der Waals surface area contributed by atoms with Crippen LogP contribution in [0.25, 0.3) is 0 Å². The highest BCUT2D eigenvalue weighted by Gasteiger charge is 2.21. The zero-order chi connectivity index (χ0) is 9.72. The molecule has 0 spiro atoms. The number of hydrogen-bond donors (Lipinski definition) is 2. The molecule has 0 radical (unpaired) electrons. The molecule has 2 N–H and O–H groups in total. The molecule has 4 nitrogen and oxygen atoms in total. The maximum Gasteiger partial charge on any atom is 0.150 e. The molecule has 0 aromatic carbocycles. The summed E-state index contributed by atoms with van der Waals surface area (Å²) in [5.41, 5.74) is 0. The van der Waals surface area contributed by atoms with Crippen molar-refractivity contribution < 1.29 is 15.0 Å². The monoisotopic (exact) mass is 175 g/mol. The van der Waals surface area contributed by atoms with Crippen LogP contribution in [-0.4, -0.2) is 53.7 Å². The van der Waals surface area contributed by atoms with Gasteiger partial charge in [-0.3, -0.25) is 0 Å². The second-order valence-electron chi connectivity index (χ2n) is 3.24. The first kappa shape index (κ1) is 11.6. The third kappa shape index (κ3) is 3.80. The molecule has 0 aromatic heterocycles. The fourth-order valence-corrected chi connectivity index (χ4v) is 1.10. The second kappa shape index (κ2) is 5.24. The Bertz CT molecular complexity index is 136. The number of likely N-dealkylation sites (N-methyl/N-ethyl adjacent to an activating group) is 1. The van der Waals surface area contributed by atoms with Crippen molar-refractivity contribution in [1.82, 2.24) is 4.90 Å². The third-order valence-electron chi connectivity index (χ3n) is 1.78. The van der Waals surface area contributed by atoms with Gasteiger partial charge in [-0.1, -0.05) is 0 Å². The Morgan fingerprint density at radius 1 is 1.42 bits per heavy atom. The number of carbonyl (C=O) groups is 1. The van der Waals surface area contributed by atoms with Crippen LogP contribution in [0.3, 0.4) is 0 Å². The average molecular weight is 175 g/mol. The van der Waals surface area contributed by atoms with E-state index < -0.39 is 12.2 Å². The topological polar surface area (TPSA) is 60.8 Å². The number of aliphatic hydroxyl groups excluding tert-OH is 2. The maximum absolute atomic E-state index is 10.3. The van der Waals surface area contributed by atoms with E-state index in [1.54, 1.807) is 25.9 Å². The summed E-state index contributed by atoms with van der Waals surface area (Å²) >= 11 is 0. The highest BCUT2D eigenvalue weighted by molar-refractivity contribution is 5.56. The van der Waals surface area contributed by atoms with E-state index in [1.165, 1.54) is 0 Å². The molecule has 0 saturated heterocycles. The molecule has 0 heterocycles. The van der Waals surface area contributed by atoms with Crippen LogP contribution in [0.5, 0.6) is 0 Å². The lowest BCUT2D eigenvalue weighted by atomic mass is 10.0. The number of aliphatic hydroxyl groups is 2. The van der Waals surface area contributed by atoms with E-state index in [4.69, 9.17) is 5.11 Å². The van der Waals surface area contributed by atoms with Crippen LogP contribution in [0.15, 0.2) is 0 Å². The first-order valence-electron chi connectivity index (χ1n) is 3.97. The molecule has 0 aliphatic heterocycles. The Kier molecular flexibility index (Phi) is 5.04. The van der Waals surface area contributed by atoms with Crippen molar-refractivity contribution in [2.24, 2.45) is 0 Å². The highest BCUT2D eigenvalue weighted by atomic mass is 16.3. The van der Waals surface area contributed by atoms with Gasteiger partial charge in [-0.25, -0.2) is 0 Å². The minimum absolute atomic E-state index is 0.303. The summed E-state index contributed by atoms with van der Waals surface area (Å²) in [4.78, 5) is 12.0. The van der Waals surface area contributed by atoms with E-state index in [9.17, 15) is 9.90 Å². The molecule has 0 fully saturated rings. The van der Waals surface area contributed by atoms with Crippen LogP contribution in [0.4, 0.5) is 0 Å². The van der Waals surface area contributed by atoms with Gasteiger partial charge in [0.25, 0.3) is 0 Å². The molecule has 3 atom stereocenters. The van der Waals surface area contributed by atoms with Gasteiger partial charge in [-0.15, -0.1) is 0 Å². The minimum atomic E-state index is -1.02. The van der Waals surface area contributed by atoms with E-state index in [1.807, 2.05) is 0 Å². The van der Waals surface area contributed by atoms with Crippen LogP contribution in [0, 0.1) is 0 Å². The molecular formula is C8H17NO3. The molecule has 0 aromatic rings. The molecule has 0 amide bonds. The van der Waals surface area contributed by atoms with Crippen LogP contribution in [0.1, 0.15) is 13.3 Å². The fourth-order valence-electron chi connectivity index (χ4n) is 1.10. The minimum Gasteiger partial charge on any atom is -0.393 e. The van der Waals surface area contributed by atoms with Gasteiger partial charge >= 0.3 is 0 Å². The average Bonchev–Trinajstić information content (AvgIpc) is 1.98. The molecule has 0 bridgehead atoms. The van der Waals surface area contributed by atoms with E-state index in [0.29, 0.717) is 12.7 Å². The lowest BCUT2D eigenvalue weighted by Crippen LogP contribution is -2.41. The van der Waals surface area contributed by atoms with Gasteiger partial charge in [0, 0.05) is 6.04 Å². The summed E-state index contributed by atoms with van der Waals surface area (Å²) in [5.74, 6) is 0. The van der Waals surface area contributed by atoms with Crippen molar-refractivity contribution in [1.29, 1.82) is 0 Å². The highest BCUT2D eigenvalue weighted by Crippen LogP contribution is 2.07. The van der Waals surface area contributed by atoms with E-state index >= 15 is 0 Å². The van der Waals surface area contributed by atoms with Gasteiger partial charge in [0.1, 0.15) is 12.4 Å². The standard InChI is InChI=1S/C8H17NO3/c1-6(11)4-7(9(2)3)8(12)5-10/h5-8,11-12H,4H2,1-3H3/t6-,7+,8+/m0/s1. The SMILES string of the molecule is C[C@H](O)C[C@H]([C@H](O)C=O)N(C)C. The molecule has 0 aliphatic rings. The zero-order valence-corrected chi connectivity index (χ0v) is 7.77. The molecule has 4 heteroatoms. The van der Waals surface area contributed by atoms with E-state index in [2.05, 4.69) is 0 Å². The van der Waals surface area contributed by atoms with Crippen LogP contribution in [-0.2, 0) is 4.79 Å². The summed E-state index contributed by atoms with van der Waals surface area (Å²) in [6.07, 6.45) is -0.637. The molecule has 0 rings (SSSR count). The van der Waals surface area contributed by atoms with Crippen molar-refractivity contribution in [2.45, 2.75) is 31.6 Å². The number of nitrogens with zero attached hydrogens (tertiary/aromatic N) is 1. The van der Waals surface area contributed by atoms with Gasteiger partial charge in [-0.05, 0) is 27.4 Å². The third-order valence-corrected chi connectivity index (χ3v) is 1.78. The number of carbonyl (C=O) groups excluding carboxylic acids is 1. The van der Waals surface area contributed by atoms with Crippen molar-refractivity contribution in [3.05, 3.63) is 0 Å². The summed E-state index contributed by atoms with van der Waals surface area (Å²) in [5, 5.41) is 18.3. The zero-order valence-electron chi connectivity index (χ0n) is 7.77.